The van der Waals surface area contributed by atoms with E-state index in [1.54, 1.807) is 13.0 Å². The zero-order valence-electron chi connectivity index (χ0n) is 17.8. The molecule has 1 aromatic heterocycles. The Morgan fingerprint density at radius 1 is 1.26 bits per heavy atom. The minimum Gasteiger partial charge on any atom is -0.402 e. The Kier molecular flexibility index (Phi) is 7.71. The highest BCUT2D eigenvalue weighted by Gasteiger charge is 2.18. The summed E-state index contributed by atoms with van der Waals surface area (Å²) in [5.41, 5.74) is 12.9. The molecule has 1 fully saturated rings. The summed E-state index contributed by atoms with van der Waals surface area (Å²) in [5.74, 6) is 1.61. The van der Waals surface area contributed by atoms with Crippen molar-refractivity contribution in [2.75, 3.05) is 29.9 Å². The molecule has 2 heterocycles. The normalized spacial score (nSPS) is 14.2. The van der Waals surface area contributed by atoms with Gasteiger partial charge in [0.15, 0.2) is 11.0 Å². The molecule has 164 valence electrons. The van der Waals surface area contributed by atoms with Crippen LogP contribution in [0.2, 0.25) is 0 Å². The molecule has 10 heteroatoms. The van der Waals surface area contributed by atoms with Crippen LogP contribution in [-0.2, 0) is 0 Å². The number of allylic oxidation sites excluding steroid dienone is 1. The number of carbonyl (C=O) groups excluding carboxylic acids is 1. The van der Waals surface area contributed by atoms with Gasteiger partial charge in [0.05, 0.1) is 0 Å². The Bertz CT molecular complexity index is 966. The van der Waals surface area contributed by atoms with Crippen molar-refractivity contribution < 1.29 is 4.79 Å². The van der Waals surface area contributed by atoms with Gasteiger partial charge in [-0.25, -0.2) is 19.8 Å². The summed E-state index contributed by atoms with van der Waals surface area (Å²) < 4.78 is 0. The van der Waals surface area contributed by atoms with Crippen LogP contribution in [0.4, 0.5) is 22.1 Å². The van der Waals surface area contributed by atoms with Gasteiger partial charge in [0.2, 0.25) is 0 Å². The number of urea groups is 1. The summed E-state index contributed by atoms with van der Waals surface area (Å²) >= 11 is 1.42. The van der Waals surface area contributed by atoms with Gasteiger partial charge < -0.3 is 27.0 Å². The molecule has 6 N–H and O–H groups in total. The highest BCUT2D eigenvalue weighted by Crippen LogP contribution is 2.30. The minimum atomic E-state index is -0.213. The number of nitrogens with two attached hydrogens (primary N) is 2. The number of nitrogens with zero attached hydrogens (tertiary/aromatic N) is 4. The smallest absolute Gasteiger partial charge is 0.319 e. The van der Waals surface area contributed by atoms with Gasteiger partial charge in [0.1, 0.15) is 11.7 Å². The maximum Gasteiger partial charge on any atom is 0.319 e. The third-order valence-electron chi connectivity index (χ3n) is 4.33. The SMILES string of the molecule is CCCNC(=O)Nc1ccc(Sc2nc(N=C(N)/C=C(/C)N)cc(N3CCC3)n2)cc1. The van der Waals surface area contributed by atoms with E-state index >= 15 is 0 Å². The van der Waals surface area contributed by atoms with Crippen LogP contribution in [0, 0.1) is 0 Å². The zero-order valence-corrected chi connectivity index (χ0v) is 18.6. The van der Waals surface area contributed by atoms with Gasteiger partial charge in [0, 0.05) is 42.0 Å². The van der Waals surface area contributed by atoms with E-state index in [2.05, 4.69) is 30.5 Å². The van der Waals surface area contributed by atoms with Crippen molar-refractivity contribution in [1.82, 2.24) is 15.3 Å². The molecule has 1 aliphatic rings. The Morgan fingerprint density at radius 2 is 2.00 bits per heavy atom. The summed E-state index contributed by atoms with van der Waals surface area (Å²) in [7, 11) is 0. The predicted molar refractivity (Wildman–Crippen MR) is 126 cm³/mol. The Labute approximate surface area is 186 Å². The van der Waals surface area contributed by atoms with Crippen molar-refractivity contribution in [2.45, 2.75) is 36.7 Å². The van der Waals surface area contributed by atoms with Crippen molar-refractivity contribution in [3.8, 4) is 0 Å². The first kappa shape index (κ1) is 22.4. The lowest BCUT2D eigenvalue weighted by atomic mass is 10.2. The second-order valence-corrected chi connectivity index (χ2v) is 8.18. The van der Waals surface area contributed by atoms with Crippen LogP contribution in [0.1, 0.15) is 26.7 Å². The largest absolute Gasteiger partial charge is 0.402 e. The first-order valence-electron chi connectivity index (χ1n) is 10.2. The summed E-state index contributed by atoms with van der Waals surface area (Å²) in [6, 6.07) is 9.14. The summed E-state index contributed by atoms with van der Waals surface area (Å²) in [6.07, 6.45) is 3.63. The number of hydrogen-bond acceptors (Lipinski definition) is 7. The van der Waals surface area contributed by atoms with Crippen molar-refractivity contribution in [2.24, 2.45) is 16.5 Å². The van der Waals surface area contributed by atoms with Gasteiger partial charge in [-0.3, -0.25) is 0 Å². The Balaban J connectivity index is 1.76. The molecule has 0 atom stereocenters. The highest BCUT2D eigenvalue weighted by molar-refractivity contribution is 7.99. The highest BCUT2D eigenvalue weighted by atomic mass is 32.2. The van der Waals surface area contributed by atoms with E-state index in [1.807, 2.05) is 37.3 Å². The lowest BCUT2D eigenvalue weighted by molar-refractivity contribution is 0.252. The van der Waals surface area contributed by atoms with Gasteiger partial charge >= 0.3 is 6.03 Å². The van der Waals surface area contributed by atoms with Gasteiger partial charge in [-0.05, 0) is 61.9 Å². The first-order chi connectivity index (χ1) is 14.9. The Morgan fingerprint density at radius 3 is 2.61 bits per heavy atom. The number of rotatable bonds is 8. The maximum atomic E-state index is 11.8. The van der Waals surface area contributed by atoms with Crippen LogP contribution in [0.15, 0.2) is 57.1 Å². The van der Waals surface area contributed by atoms with E-state index < -0.39 is 0 Å². The van der Waals surface area contributed by atoms with Gasteiger partial charge in [0.25, 0.3) is 0 Å². The molecule has 0 unspecified atom stereocenters. The first-order valence-corrected chi connectivity index (χ1v) is 11.0. The number of benzene rings is 1. The van der Waals surface area contributed by atoms with E-state index in [9.17, 15) is 4.79 Å². The molecule has 1 aliphatic heterocycles. The van der Waals surface area contributed by atoms with Crippen LogP contribution in [0.3, 0.4) is 0 Å². The van der Waals surface area contributed by atoms with Gasteiger partial charge in [-0.1, -0.05) is 6.92 Å². The monoisotopic (exact) mass is 440 g/mol. The van der Waals surface area contributed by atoms with Gasteiger partial charge in [-0.2, -0.15) is 0 Å². The molecule has 0 bridgehead atoms. The molecule has 31 heavy (non-hydrogen) atoms. The van der Waals surface area contributed by atoms with Crippen molar-refractivity contribution >= 4 is 41.0 Å². The molecule has 9 nitrogen and oxygen atoms in total. The number of anilines is 2. The lowest BCUT2D eigenvalue weighted by Crippen LogP contribution is -2.37. The van der Waals surface area contributed by atoms with Crippen LogP contribution >= 0.6 is 11.8 Å². The minimum absolute atomic E-state index is 0.213. The van der Waals surface area contributed by atoms with E-state index in [4.69, 9.17) is 11.5 Å². The molecule has 1 saturated heterocycles. The predicted octanol–water partition coefficient (Wildman–Crippen LogP) is 3.22. The molecular weight excluding hydrogens is 412 g/mol. The average molecular weight is 441 g/mol. The zero-order chi connectivity index (χ0) is 22.2. The fourth-order valence-corrected chi connectivity index (χ4v) is 3.50. The quantitative estimate of drug-likeness (QED) is 0.281. The number of hydrogen-bond donors (Lipinski definition) is 4. The van der Waals surface area contributed by atoms with E-state index in [0.29, 0.717) is 29.1 Å². The second kappa shape index (κ2) is 10.7. The third kappa shape index (κ3) is 6.88. The lowest BCUT2D eigenvalue weighted by Gasteiger charge is -2.32. The number of nitrogens with one attached hydrogen (secondary N) is 2. The molecule has 2 aromatic rings. The fraction of sp³-hybridized carbons (Fsp3) is 0.333. The molecule has 1 aromatic carbocycles. The molecule has 0 radical (unpaired) electrons. The summed E-state index contributed by atoms with van der Waals surface area (Å²) in [4.78, 5) is 28.5. The molecule has 0 aliphatic carbocycles. The van der Waals surface area contributed by atoms with Gasteiger partial charge in [-0.15, -0.1) is 0 Å². The number of amides is 2. The van der Waals surface area contributed by atoms with Crippen LogP contribution < -0.4 is 27.0 Å². The van der Waals surface area contributed by atoms with Crippen molar-refractivity contribution in [3.05, 3.63) is 42.1 Å². The standard InChI is InChI=1S/C21H28N8OS/c1-3-9-24-20(30)25-15-5-7-16(8-6-15)31-21-27-18(26-17(23)12-14(2)22)13-19(28-21)29-10-4-11-29/h5-8,12-13H,3-4,9-11,22H2,1-2H3,(H2,24,25,30)(H2,23,26,27,28)/b14-12-. The molecular formula is C21H28N8OS. The Hall–Kier alpha value is -3.27. The van der Waals surface area contributed by atoms with E-state index in [-0.39, 0.29) is 6.03 Å². The topological polar surface area (TPSA) is 135 Å². The van der Waals surface area contributed by atoms with Crippen LogP contribution in [-0.4, -0.2) is 41.5 Å². The average Bonchev–Trinajstić information content (AvgIpc) is 2.65. The number of aromatic nitrogens is 2. The maximum absolute atomic E-state index is 11.8. The van der Waals surface area contributed by atoms with E-state index in [1.165, 1.54) is 11.8 Å². The molecule has 3 rings (SSSR count). The fourth-order valence-electron chi connectivity index (χ4n) is 2.73. The van der Waals surface area contributed by atoms with E-state index in [0.717, 1.165) is 42.3 Å². The summed E-state index contributed by atoms with van der Waals surface area (Å²) in [5, 5.41) is 6.17. The molecule has 2 amide bonds. The van der Waals surface area contributed by atoms with Crippen molar-refractivity contribution in [3.63, 3.8) is 0 Å². The van der Waals surface area contributed by atoms with Crippen LogP contribution in [0.25, 0.3) is 0 Å². The third-order valence-corrected chi connectivity index (χ3v) is 5.21. The number of carbonyl (C=O) groups is 1. The summed E-state index contributed by atoms with van der Waals surface area (Å²) in [6.45, 7) is 6.32. The molecule has 0 saturated carbocycles. The number of aliphatic imine (C=N–C) groups is 1. The number of amidine groups is 1. The molecule has 0 spiro atoms. The van der Waals surface area contributed by atoms with Crippen molar-refractivity contribution in [1.29, 1.82) is 0 Å². The second-order valence-electron chi connectivity index (χ2n) is 7.14. The van der Waals surface area contributed by atoms with Crippen LogP contribution in [0.5, 0.6) is 0 Å².